The van der Waals surface area contributed by atoms with Gasteiger partial charge in [0, 0.05) is 32.4 Å². The Morgan fingerprint density at radius 3 is 1.68 bits per heavy atom. The van der Waals surface area contributed by atoms with Crippen LogP contribution in [-0.4, -0.2) is 126 Å². The average Bonchev–Trinajstić information content (AvgIpc) is 3.68. The quantitative estimate of drug-likeness (QED) is 0.0525. The van der Waals surface area contributed by atoms with E-state index in [0.29, 0.717) is 24.0 Å². The Balaban J connectivity index is 1.94. The van der Waals surface area contributed by atoms with Crippen LogP contribution < -0.4 is 31.9 Å². The summed E-state index contributed by atoms with van der Waals surface area (Å²) >= 11 is 0. The van der Waals surface area contributed by atoms with Crippen LogP contribution in [0.4, 0.5) is 18.8 Å². The number of unbranched alkanes of at least 4 members (excludes halogenated alkanes) is 1. The number of nitrogens with zero attached hydrogens (tertiary/aromatic N) is 1. The summed E-state index contributed by atoms with van der Waals surface area (Å²) in [7, 11) is 1.16. The van der Waals surface area contributed by atoms with Crippen molar-refractivity contribution >= 4 is 47.9 Å². The summed E-state index contributed by atoms with van der Waals surface area (Å²) in [4.78, 5) is 111. The van der Waals surface area contributed by atoms with E-state index in [1.807, 2.05) is 13.8 Å². The fourth-order valence-corrected chi connectivity index (χ4v) is 7.56. The van der Waals surface area contributed by atoms with Crippen LogP contribution in [0.2, 0.25) is 0 Å². The van der Waals surface area contributed by atoms with Crippen LogP contribution >= 0.6 is 0 Å². The minimum atomic E-state index is -1.66. The molecule has 2 aromatic carbocycles. The van der Waals surface area contributed by atoms with Gasteiger partial charge in [-0.2, -0.15) is 0 Å². The lowest BCUT2D eigenvalue weighted by atomic mass is 9.99. The largest absolute Gasteiger partial charge is 0.467 e. The van der Waals surface area contributed by atoms with E-state index in [4.69, 9.17) is 18.9 Å². The number of rotatable bonds is 21. The van der Waals surface area contributed by atoms with Crippen LogP contribution in [0.1, 0.15) is 119 Å². The maximum absolute atomic E-state index is 14.5. The first-order valence-electron chi connectivity index (χ1n) is 24.0. The van der Waals surface area contributed by atoms with Crippen LogP contribution in [0, 0.1) is 11.7 Å². The number of likely N-dealkylation sites (tertiary alicyclic amines) is 1. The van der Waals surface area contributed by atoms with Gasteiger partial charge in [0.25, 0.3) is 0 Å². The lowest BCUT2D eigenvalue weighted by Crippen LogP contribution is -2.60. The molecule has 5 atom stereocenters. The molecule has 0 saturated carbocycles. The highest BCUT2D eigenvalue weighted by molar-refractivity contribution is 5.96. The minimum absolute atomic E-state index is 0.00569. The van der Waals surface area contributed by atoms with Crippen LogP contribution in [-0.2, 0) is 55.8 Å². The molecule has 1 aliphatic heterocycles. The molecule has 0 bridgehead atoms. The summed E-state index contributed by atoms with van der Waals surface area (Å²) in [5.74, 6) is -4.27. The Bertz CT molecular complexity index is 2140. The van der Waals surface area contributed by atoms with Crippen molar-refractivity contribution in [1.82, 2.24) is 36.8 Å². The van der Waals surface area contributed by atoms with Crippen molar-refractivity contribution in [2.45, 2.75) is 168 Å². The average molecular weight is 998 g/mol. The molecular formula is C51H76FN7O12. The van der Waals surface area contributed by atoms with Crippen LogP contribution in [0.25, 0.3) is 0 Å². The molecular weight excluding hydrogens is 922 g/mol. The molecule has 6 N–H and O–H groups in total. The zero-order valence-corrected chi connectivity index (χ0v) is 43.4. The minimum Gasteiger partial charge on any atom is -0.467 e. The molecule has 1 unspecified atom stereocenters. The topological polar surface area (TPSA) is 249 Å². The molecule has 0 aromatic heterocycles. The summed E-state index contributed by atoms with van der Waals surface area (Å²) in [6, 6.07) is 9.16. The molecule has 1 heterocycles. The first kappa shape index (κ1) is 58.8. The molecule has 7 amide bonds. The van der Waals surface area contributed by atoms with Crippen LogP contribution in [0.3, 0.4) is 0 Å². The molecule has 0 radical (unpaired) electrons. The van der Waals surface area contributed by atoms with E-state index in [2.05, 4.69) is 31.9 Å². The molecule has 1 aliphatic rings. The fraction of sp³-hybridized carbons (Fsp3) is 0.608. The number of nitrogens with one attached hydrogen (secondary N) is 6. The van der Waals surface area contributed by atoms with Crippen molar-refractivity contribution in [2.75, 3.05) is 26.7 Å². The number of hydrogen-bond acceptors (Lipinski definition) is 12. The molecule has 2 aromatic rings. The third kappa shape index (κ3) is 21.2. The number of carbonyl (C=O) groups is 8. The molecule has 3 rings (SSSR count). The molecule has 20 heteroatoms. The Morgan fingerprint density at radius 2 is 1.13 bits per heavy atom. The second kappa shape index (κ2) is 26.1. The summed E-state index contributed by atoms with van der Waals surface area (Å²) in [5.41, 5.74) is -3.02. The second-order valence-electron chi connectivity index (χ2n) is 21.2. The summed E-state index contributed by atoms with van der Waals surface area (Å²) in [6.07, 6.45) is -1.69. The van der Waals surface area contributed by atoms with Gasteiger partial charge in [0.1, 0.15) is 46.8 Å². The number of benzene rings is 2. The first-order valence-corrected chi connectivity index (χ1v) is 24.0. The van der Waals surface area contributed by atoms with Gasteiger partial charge in [-0.15, -0.1) is 0 Å². The Kier molecular flexibility index (Phi) is 21.6. The Morgan fingerprint density at radius 1 is 0.634 bits per heavy atom. The van der Waals surface area contributed by atoms with Gasteiger partial charge < -0.3 is 55.7 Å². The zero-order valence-electron chi connectivity index (χ0n) is 43.4. The smallest absolute Gasteiger partial charge is 0.408 e. The maximum atomic E-state index is 14.5. The molecule has 394 valence electrons. The molecule has 71 heavy (non-hydrogen) atoms. The molecule has 19 nitrogen and oxygen atoms in total. The van der Waals surface area contributed by atoms with Gasteiger partial charge in [-0.05, 0) is 117 Å². The zero-order chi connectivity index (χ0) is 53.3. The van der Waals surface area contributed by atoms with Gasteiger partial charge in [-0.25, -0.2) is 23.6 Å². The van der Waals surface area contributed by atoms with E-state index >= 15 is 0 Å². The molecule has 1 fully saturated rings. The van der Waals surface area contributed by atoms with Gasteiger partial charge in [0.2, 0.25) is 23.6 Å². The van der Waals surface area contributed by atoms with E-state index in [0.717, 1.165) is 7.11 Å². The number of methoxy groups -OCH3 is 1. The third-order valence-corrected chi connectivity index (χ3v) is 10.7. The SMILES string of the molecule is COC(=O)C1(NC(=O)OC(C)(C)C)CCN(C(=O)[C@@H](CCCCNC(=O)OC(C)(C)C)NC(=O)[C@@H](CC(C)C)NC(=O)[C@@H](Cc2ccccc2)NC(=O)[C@@H](Cc2ccc(F)cc2)NC(=O)OC(C)(C)C)C1. The van der Waals surface area contributed by atoms with E-state index < -0.39 is 100 Å². The highest BCUT2D eigenvalue weighted by Gasteiger charge is 2.50. The summed E-state index contributed by atoms with van der Waals surface area (Å²) in [5, 5.41) is 16.3. The van der Waals surface area contributed by atoms with Gasteiger partial charge >= 0.3 is 24.2 Å². The van der Waals surface area contributed by atoms with Gasteiger partial charge in [0.05, 0.1) is 13.7 Å². The fourth-order valence-electron chi connectivity index (χ4n) is 7.56. The van der Waals surface area contributed by atoms with Crippen molar-refractivity contribution in [1.29, 1.82) is 0 Å². The van der Waals surface area contributed by atoms with Gasteiger partial charge in [-0.1, -0.05) is 56.3 Å². The van der Waals surface area contributed by atoms with Crippen LogP contribution in [0.15, 0.2) is 54.6 Å². The van der Waals surface area contributed by atoms with Crippen molar-refractivity contribution in [3.05, 3.63) is 71.5 Å². The normalized spacial score (nSPS) is 16.6. The van der Waals surface area contributed by atoms with E-state index in [1.165, 1.54) is 29.2 Å². The first-order chi connectivity index (χ1) is 33.0. The molecule has 0 aliphatic carbocycles. The number of hydrogen-bond donors (Lipinski definition) is 6. The lowest BCUT2D eigenvalue weighted by molar-refractivity contribution is -0.148. The highest BCUT2D eigenvalue weighted by atomic mass is 19.1. The van der Waals surface area contributed by atoms with Crippen molar-refractivity contribution in [3.63, 3.8) is 0 Å². The molecule has 1 saturated heterocycles. The van der Waals surface area contributed by atoms with E-state index in [1.54, 1.807) is 92.6 Å². The predicted molar refractivity (Wildman–Crippen MR) is 262 cm³/mol. The standard InChI is InChI=1S/C51H76FN7O12/c1-32(2)28-37(55-41(61)38(29-33-18-14-13-15-19-33)56-42(62)39(57-46(66)70-49(6,7)8)30-34-21-23-35(52)24-22-34)40(60)54-36(20-16-17-26-53-45(65)69-48(3,4)5)43(63)59-27-25-51(31-59,44(64)68-12)58-47(67)71-50(9,10)11/h13-15,18-19,21-24,32,36-39H,16-17,20,25-31H2,1-12H3,(H,53,65)(H,54,60)(H,55,61)(H,56,62)(H,57,66)(H,58,67)/t36-,37-,38-,39-,51?/m1/s1. The van der Waals surface area contributed by atoms with Crippen molar-refractivity contribution in [2.24, 2.45) is 5.92 Å². The number of halogens is 1. The van der Waals surface area contributed by atoms with Crippen molar-refractivity contribution in [3.8, 4) is 0 Å². The highest BCUT2D eigenvalue weighted by Crippen LogP contribution is 2.26. The summed E-state index contributed by atoms with van der Waals surface area (Å²) in [6.45, 7) is 18.7. The van der Waals surface area contributed by atoms with E-state index in [9.17, 15) is 42.7 Å². The van der Waals surface area contributed by atoms with Gasteiger partial charge in [-0.3, -0.25) is 19.2 Å². The second-order valence-corrected chi connectivity index (χ2v) is 21.2. The summed E-state index contributed by atoms with van der Waals surface area (Å²) < 4.78 is 35.1. The predicted octanol–water partition coefficient (Wildman–Crippen LogP) is 5.37. The third-order valence-electron chi connectivity index (χ3n) is 10.7. The Labute approximate surface area is 417 Å². The Hall–Kier alpha value is -6.47. The van der Waals surface area contributed by atoms with E-state index in [-0.39, 0.29) is 57.7 Å². The monoisotopic (exact) mass is 998 g/mol. The number of esters is 1. The number of amides is 7. The number of carbonyl (C=O) groups excluding carboxylic acids is 8. The van der Waals surface area contributed by atoms with Gasteiger partial charge in [0.15, 0.2) is 5.54 Å². The lowest BCUT2D eigenvalue weighted by Gasteiger charge is -2.31. The number of alkyl carbamates (subject to hydrolysis) is 3. The molecule has 0 spiro atoms. The van der Waals surface area contributed by atoms with Crippen LogP contribution in [0.5, 0.6) is 0 Å². The maximum Gasteiger partial charge on any atom is 0.408 e. The van der Waals surface area contributed by atoms with Crippen molar-refractivity contribution < 1.29 is 61.7 Å². The number of ether oxygens (including phenoxy) is 4.